The van der Waals surface area contributed by atoms with Gasteiger partial charge in [0.1, 0.15) is 0 Å². The van der Waals surface area contributed by atoms with Crippen molar-refractivity contribution in [1.29, 1.82) is 0 Å². The van der Waals surface area contributed by atoms with E-state index in [-0.39, 0.29) is 0 Å². The average Bonchev–Trinajstić information content (AvgIpc) is 2.80. The lowest BCUT2D eigenvalue weighted by Gasteiger charge is -2.00. The molecule has 3 nitrogen and oxygen atoms in total. The van der Waals surface area contributed by atoms with Gasteiger partial charge in [0.05, 0.1) is 5.71 Å². The van der Waals surface area contributed by atoms with Crippen LogP contribution >= 0.6 is 11.3 Å². The summed E-state index contributed by atoms with van der Waals surface area (Å²) < 4.78 is 0. The van der Waals surface area contributed by atoms with Crippen LogP contribution in [0.25, 0.3) is 0 Å². The van der Waals surface area contributed by atoms with Gasteiger partial charge >= 0.3 is 0 Å². The lowest BCUT2D eigenvalue weighted by molar-refractivity contribution is 1.27. The number of benzene rings is 1. The summed E-state index contributed by atoms with van der Waals surface area (Å²) in [7, 11) is 0. The van der Waals surface area contributed by atoms with Crippen LogP contribution in [0.4, 0.5) is 5.13 Å². The van der Waals surface area contributed by atoms with Crippen LogP contribution in [0, 0.1) is 0 Å². The number of hydrogen-bond donors (Lipinski definition) is 1. The third-order valence-corrected chi connectivity index (χ3v) is 2.62. The van der Waals surface area contributed by atoms with E-state index >= 15 is 0 Å². The van der Waals surface area contributed by atoms with E-state index in [1.54, 1.807) is 6.20 Å². The fourth-order valence-corrected chi connectivity index (χ4v) is 1.62. The molecule has 0 aliphatic rings. The van der Waals surface area contributed by atoms with E-state index in [0.717, 1.165) is 16.4 Å². The molecule has 0 spiro atoms. The van der Waals surface area contributed by atoms with Crippen molar-refractivity contribution in [3.8, 4) is 0 Å². The number of nitrogens with zero attached hydrogens (tertiary/aromatic N) is 2. The topological polar surface area (TPSA) is 37.3 Å². The number of hydrogen-bond acceptors (Lipinski definition) is 4. The summed E-state index contributed by atoms with van der Waals surface area (Å²) in [6, 6.07) is 10.0. The van der Waals surface area contributed by atoms with Crippen LogP contribution in [0.5, 0.6) is 0 Å². The third kappa shape index (κ3) is 2.63. The lowest BCUT2D eigenvalue weighted by atomic mass is 10.1. The smallest absolute Gasteiger partial charge is 0.203 e. The van der Waals surface area contributed by atoms with E-state index in [1.165, 1.54) is 11.3 Å². The molecule has 1 aromatic carbocycles. The number of hydrazone groups is 1. The van der Waals surface area contributed by atoms with Crippen molar-refractivity contribution in [2.75, 3.05) is 5.43 Å². The zero-order valence-corrected chi connectivity index (χ0v) is 9.16. The second-order valence-corrected chi connectivity index (χ2v) is 3.91. The Hall–Kier alpha value is -1.68. The Morgan fingerprint density at radius 1 is 1.33 bits per heavy atom. The van der Waals surface area contributed by atoms with Crippen molar-refractivity contribution in [3.63, 3.8) is 0 Å². The van der Waals surface area contributed by atoms with Gasteiger partial charge in [-0.25, -0.2) is 4.98 Å². The van der Waals surface area contributed by atoms with Crippen molar-refractivity contribution < 1.29 is 0 Å². The monoisotopic (exact) mass is 217 g/mol. The highest BCUT2D eigenvalue weighted by molar-refractivity contribution is 7.13. The molecule has 0 amide bonds. The van der Waals surface area contributed by atoms with Gasteiger partial charge in [0, 0.05) is 11.6 Å². The van der Waals surface area contributed by atoms with Crippen LogP contribution in [0.2, 0.25) is 0 Å². The second kappa shape index (κ2) is 4.70. The molecule has 76 valence electrons. The average molecular weight is 217 g/mol. The Kier molecular flexibility index (Phi) is 3.09. The van der Waals surface area contributed by atoms with Crippen LogP contribution in [-0.2, 0) is 0 Å². The molecule has 0 unspecified atom stereocenters. The van der Waals surface area contributed by atoms with Crippen molar-refractivity contribution >= 4 is 22.2 Å². The van der Waals surface area contributed by atoms with Crippen LogP contribution in [0.1, 0.15) is 12.5 Å². The molecule has 4 heteroatoms. The molecule has 2 aromatic rings. The SMILES string of the molecule is CC(=NNc1nccs1)c1ccccc1. The van der Waals surface area contributed by atoms with Crippen LogP contribution < -0.4 is 5.43 Å². The standard InChI is InChI=1S/C11H11N3S/c1-9(10-5-3-2-4-6-10)13-14-11-12-7-8-15-11/h2-8H,1H3,(H,12,14). The van der Waals surface area contributed by atoms with E-state index in [2.05, 4.69) is 15.5 Å². The molecule has 0 saturated heterocycles. The Bertz CT molecular complexity index is 434. The summed E-state index contributed by atoms with van der Waals surface area (Å²) in [5, 5.41) is 6.97. The van der Waals surface area contributed by atoms with Crippen molar-refractivity contribution in [2.45, 2.75) is 6.92 Å². The van der Waals surface area contributed by atoms with E-state index in [1.807, 2.05) is 42.6 Å². The van der Waals surface area contributed by atoms with Gasteiger partial charge in [-0.3, -0.25) is 5.43 Å². The summed E-state index contributed by atoms with van der Waals surface area (Å²) >= 11 is 1.53. The molecule has 15 heavy (non-hydrogen) atoms. The van der Waals surface area contributed by atoms with Crippen molar-refractivity contribution in [2.24, 2.45) is 5.10 Å². The molecule has 0 bridgehead atoms. The Balaban J connectivity index is 2.08. The lowest BCUT2D eigenvalue weighted by Crippen LogP contribution is -1.98. The molecule has 0 fully saturated rings. The maximum atomic E-state index is 4.25. The van der Waals surface area contributed by atoms with Gasteiger partial charge in [-0.15, -0.1) is 11.3 Å². The Labute approximate surface area is 92.5 Å². The first-order chi connectivity index (χ1) is 7.36. The van der Waals surface area contributed by atoms with E-state index < -0.39 is 0 Å². The van der Waals surface area contributed by atoms with E-state index in [4.69, 9.17) is 0 Å². The molecule has 0 atom stereocenters. The van der Waals surface area contributed by atoms with Crippen molar-refractivity contribution in [3.05, 3.63) is 47.5 Å². The van der Waals surface area contributed by atoms with Gasteiger partial charge in [-0.1, -0.05) is 30.3 Å². The quantitative estimate of drug-likeness (QED) is 0.634. The largest absolute Gasteiger partial charge is 0.252 e. The molecule has 1 N–H and O–H groups in total. The van der Waals surface area contributed by atoms with E-state index in [9.17, 15) is 0 Å². The minimum atomic E-state index is 0.810. The summed E-state index contributed by atoms with van der Waals surface area (Å²) in [6.45, 7) is 1.97. The predicted octanol–water partition coefficient (Wildman–Crippen LogP) is 2.98. The molecule has 1 heterocycles. The van der Waals surface area contributed by atoms with Crippen LogP contribution in [-0.4, -0.2) is 10.7 Å². The van der Waals surface area contributed by atoms with Gasteiger partial charge in [0.15, 0.2) is 0 Å². The molecule has 0 saturated carbocycles. The van der Waals surface area contributed by atoms with E-state index in [0.29, 0.717) is 0 Å². The van der Waals surface area contributed by atoms with Gasteiger partial charge < -0.3 is 0 Å². The van der Waals surface area contributed by atoms with Crippen molar-refractivity contribution in [1.82, 2.24) is 4.98 Å². The molecule has 0 aliphatic carbocycles. The number of rotatable bonds is 3. The summed E-state index contributed by atoms with van der Waals surface area (Å²) in [5.74, 6) is 0. The third-order valence-electron chi connectivity index (χ3n) is 1.94. The van der Waals surface area contributed by atoms with Gasteiger partial charge in [0.25, 0.3) is 0 Å². The maximum Gasteiger partial charge on any atom is 0.203 e. The number of nitrogens with one attached hydrogen (secondary N) is 1. The predicted molar refractivity (Wildman–Crippen MR) is 64.4 cm³/mol. The van der Waals surface area contributed by atoms with Gasteiger partial charge in [-0.05, 0) is 12.5 Å². The first kappa shape index (κ1) is 9.86. The van der Waals surface area contributed by atoms with Gasteiger partial charge in [0.2, 0.25) is 5.13 Å². The number of thiazole rings is 1. The zero-order valence-electron chi connectivity index (χ0n) is 8.34. The molecule has 1 aromatic heterocycles. The summed E-state index contributed by atoms with van der Waals surface area (Å²) in [6.07, 6.45) is 1.75. The highest BCUT2D eigenvalue weighted by atomic mass is 32.1. The number of anilines is 1. The van der Waals surface area contributed by atoms with Gasteiger partial charge in [-0.2, -0.15) is 5.10 Å². The minimum Gasteiger partial charge on any atom is -0.252 e. The minimum absolute atomic E-state index is 0.810. The summed E-state index contributed by atoms with van der Waals surface area (Å²) in [4.78, 5) is 4.08. The fraction of sp³-hybridized carbons (Fsp3) is 0.0909. The summed E-state index contributed by atoms with van der Waals surface area (Å²) in [5.41, 5.74) is 4.98. The highest BCUT2D eigenvalue weighted by Gasteiger charge is 1.96. The second-order valence-electron chi connectivity index (χ2n) is 3.01. The fourth-order valence-electron chi connectivity index (χ4n) is 1.15. The Morgan fingerprint density at radius 2 is 2.13 bits per heavy atom. The Morgan fingerprint density at radius 3 is 2.80 bits per heavy atom. The molecule has 2 rings (SSSR count). The first-order valence-electron chi connectivity index (χ1n) is 4.61. The highest BCUT2D eigenvalue weighted by Crippen LogP contribution is 2.10. The molecule has 0 aliphatic heterocycles. The van der Waals surface area contributed by atoms with Crippen LogP contribution in [0.15, 0.2) is 47.0 Å². The first-order valence-corrected chi connectivity index (χ1v) is 5.49. The molecule has 0 radical (unpaired) electrons. The van der Waals surface area contributed by atoms with Crippen LogP contribution in [0.3, 0.4) is 0 Å². The maximum absolute atomic E-state index is 4.25. The normalized spacial score (nSPS) is 11.4. The molecular formula is C11H11N3S. The molecular weight excluding hydrogens is 206 g/mol. The number of aromatic nitrogens is 1. The zero-order chi connectivity index (χ0) is 10.5.